The Hall–Kier alpha value is -3.49. The number of carbonyl (C=O) groups excluding carboxylic acids is 1. The van der Waals surface area contributed by atoms with E-state index in [0.717, 1.165) is 5.69 Å². The highest BCUT2D eigenvalue weighted by Gasteiger charge is 2.38. The lowest BCUT2D eigenvalue weighted by molar-refractivity contribution is 0.0635. The zero-order valence-corrected chi connectivity index (χ0v) is 13.3. The molecular weight excluding hydrogens is 341 g/mol. The smallest absolute Gasteiger partial charge is 0.292 e. The third kappa shape index (κ3) is 2.13. The molecule has 0 aliphatic carbocycles. The normalized spacial score (nSPS) is 16.8. The first-order valence-electron chi connectivity index (χ1n) is 7.99. The van der Waals surface area contributed by atoms with Gasteiger partial charge in [0.05, 0.1) is 18.2 Å². The standard InChI is InChI=1S/C17H12FN5O3/c18-9-2-1-3-11-15(9)26-16(22-11)14-13-10(20-7-21-13)4-5-23(14)17(24)12-6-19-8-25-12/h1-3,6-8,14H,4-5H2,(H,20,21)/t14-/m0/s1. The third-order valence-electron chi connectivity index (χ3n) is 4.45. The molecular formula is C17H12FN5O3. The molecule has 0 spiro atoms. The molecule has 1 aromatic carbocycles. The van der Waals surface area contributed by atoms with Gasteiger partial charge in [0.2, 0.25) is 11.7 Å². The van der Waals surface area contributed by atoms with Crippen LogP contribution in [0.25, 0.3) is 11.1 Å². The Kier molecular flexibility index (Phi) is 3.14. The maximum absolute atomic E-state index is 14.0. The van der Waals surface area contributed by atoms with Crippen molar-refractivity contribution in [3.8, 4) is 0 Å². The van der Waals surface area contributed by atoms with E-state index in [1.54, 1.807) is 23.4 Å². The summed E-state index contributed by atoms with van der Waals surface area (Å²) >= 11 is 0. The van der Waals surface area contributed by atoms with Gasteiger partial charge in [-0.05, 0) is 12.1 Å². The van der Waals surface area contributed by atoms with Gasteiger partial charge in [0.25, 0.3) is 5.91 Å². The van der Waals surface area contributed by atoms with Crippen molar-refractivity contribution in [2.75, 3.05) is 6.54 Å². The fraction of sp³-hybridized carbons (Fsp3) is 0.176. The van der Waals surface area contributed by atoms with E-state index in [-0.39, 0.29) is 23.1 Å². The van der Waals surface area contributed by atoms with Crippen LogP contribution in [0.3, 0.4) is 0 Å². The summed E-state index contributed by atoms with van der Waals surface area (Å²) < 4.78 is 24.8. The van der Waals surface area contributed by atoms with Crippen LogP contribution in [0.2, 0.25) is 0 Å². The molecule has 3 aromatic heterocycles. The quantitative estimate of drug-likeness (QED) is 0.594. The summed E-state index contributed by atoms with van der Waals surface area (Å²) in [6.07, 6.45) is 4.70. The molecule has 4 aromatic rings. The van der Waals surface area contributed by atoms with Crippen molar-refractivity contribution >= 4 is 17.0 Å². The zero-order chi connectivity index (χ0) is 17.7. The second-order valence-corrected chi connectivity index (χ2v) is 5.92. The lowest BCUT2D eigenvalue weighted by atomic mass is 10.0. The molecule has 9 heteroatoms. The van der Waals surface area contributed by atoms with Crippen molar-refractivity contribution in [1.29, 1.82) is 0 Å². The molecule has 0 unspecified atom stereocenters. The summed E-state index contributed by atoms with van der Waals surface area (Å²) in [6, 6.07) is 3.83. The summed E-state index contributed by atoms with van der Waals surface area (Å²) in [5.74, 6) is -0.557. The number of H-pyrrole nitrogens is 1. The van der Waals surface area contributed by atoms with E-state index in [1.165, 1.54) is 18.7 Å². The fourth-order valence-electron chi connectivity index (χ4n) is 3.26. The van der Waals surface area contributed by atoms with Crippen molar-refractivity contribution < 1.29 is 18.0 Å². The fourth-order valence-corrected chi connectivity index (χ4v) is 3.26. The summed E-state index contributed by atoms with van der Waals surface area (Å²) in [6.45, 7) is 0.403. The maximum Gasteiger partial charge on any atom is 0.292 e. The Morgan fingerprint density at radius 3 is 3.12 bits per heavy atom. The molecule has 0 fully saturated rings. The Morgan fingerprint density at radius 2 is 2.31 bits per heavy atom. The molecule has 1 aliphatic rings. The van der Waals surface area contributed by atoms with E-state index >= 15 is 0 Å². The zero-order valence-electron chi connectivity index (χ0n) is 13.3. The summed E-state index contributed by atoms with van der Waals surface area (Å²) in [5.41, 5.74) is 1.95. The first kappa shape index (κ1) is 14.8. The number of oxazole rings is 2. The minimum atomic E-state index is -0.686. The third-order valence-corrected chi connectivity index (χ3v) is 4.45. The number of para-hydroxylation sites is 1. The number of carbonyl (C=O) groups is 1. The van der Waals surface area contributed by atoms with Crippen LogP contribution in [0.1, 0.15) is 33.9 Å². The van der Waals surface area contributed by atoms with Gasteiger partial charge in [-0.3, -0.25) is 4.79 Å². The number of halogens is 1. The number of imidazole rings is 1. The van der Waals surface area contributed by atoms with Crippen molar-refractivity contribution in [2.45, 2.75) is 12.5 Å². The average molecular weight is 353 g/mol. The van der Waals surface area contributed by atoms with Gasteiger partial charge in [-0.1, -0.05) is 6.07 Å². The molecule has 1 atom stereocenters. The lowest BCUT2D eigenvalue weighted by Gasteiger charge is -2.32. The second kappa shape index (κ2) is 5.51. The summed E-state index contributed by atoms with van der Waals surface area (Å²) in [7, 11) is 0. The van der Waals surface area contributed by atoms with Crippen molar-refractivity contribution in [3.63, 3.8) is 0 Å². The Morgan fingerprint density at radius 1 is 1.38 bits per heavy atom. The van der Waals surface area contributed by atoms with Crippen molar-refractivity contribution in [2.24, 2.45) is 0 Å². The van der Waals surface area contributed by atoms with Gasteiger partial charge in [0.15, 0.2) is 23.8 Å². The van der Waals surface area contributed by atoms with Crippen molar-refractivity contribution in [3.05, 3.63) is 66.0 Å². The number of nitrogens with zero attached hydrogens (tertiary/aromatic N) is 4. The number of hydrogen-bond acceptors (Lipinski definition) is 6. The van der Waals surface area contributed by atoms with Gasteiger partial charge in [-0.25, -0.2) is 19.3 Å². The van der Waals surface area contributed by atoms with Crippen LogP contribution in [-0.2, 0) is 6.42 Å². The molecule has 4 heterocycles. The summed E-state index contributed by atoms with van der Waals surface area (Å²) in [5, 5.41) is 0. The predicted octanol–water partition coefficient (Wildman–Crippen LogP) is 2.47. The molecule has 26 heavy (non-hydrogen) atoms. The SMILES string of the molecule is O=C(c1cnco1)N1CCc2[nH]cnc2[C@H]1c1nc2cccc(F)c2o1. The number of aromatic amines is 1. The minimum Gasteiger partial charge on any atom is -0.438 e. The van der Waals surface area contributed by atoms with Gasteiger partial charge < -0.3 is 18.7 Å². The van der Waals surface area contributed by atoms with Gasteiger partial charge >= 0.3 is 0 Å². The second-order valence-electron chi connectivity index (χ2n) is 5.92. The highest BCUT2D eigenvalue weighted by molar-refractivity contribution is 5.91. The van der Waals surface area contributed by atoms with Gasteiger partial charge in [0.1, 0.15) is 5.52 Å². The molecule has 8 nitrogen and oxygen atoms in total. The molecule has 0 saturated carbocycles. The number of benzene rings is 1. The number of nitrogens with one attached hydrogen (secondary N) is 1. The Balaban J connectivity index is 1.66. The van der Waals surface area contributed by atoms with E-state index in [9.17, 15) is 9.18 Å². The topological polar surface area (TPSA) is 101 Å². The van der Waals surface area contributed by atoms with Gasteiger partial charge in [0, 0.05) is 18.7 Å². The molecule has 130 valence electrons. The molecule has 5 rings (SSSR count). The molecule has 0 saturated heterocycles. The van der Waals surface area contributed by atoms with Crippen LogP contribution in [-0.4, -0.2) is 37.3 Å². The maximum atomic E-state index is 14.0. The van der Waals surface area contributed by atoms with Crippen LogP contribution >= 0.6 is 0 Å². The largest absolute Gasteiger partial charge is 0.438 e. The number of rotatable bonds is 2. The monoisotopic (exact) mass is 353 g/mol. The van der Waals surface area contributed by atoms with E-state index in [1.807, 2.05) is 0 Å². The minimum absolute atomic E-state index is 0.0530. The van der Waals surface area contributed by atoms with Crippen LogP contribution < -0.4 is 0 Å². The van der Waals surface area contributed by atoms with Crippen LogP contribution in [0.15, 0.2) is 46.0 Å². The van der Waals surface area contributed by atoms with Crippen LogP contribution in [0.5, 0.6) is 0 Å². The number of fused-ring (bicyclic) bond motifs is 2. The number of aromatic nitrogens is 4. The van der Waals surface area contributed by atoms with Gasteiger partial charge in [-0.15, -0.1) is 0 Å². The molecule has 1 amide bonds. The first-order valence-corrected chi connectivity index (χ1v) is 7.99. The molecule has 0 radical (unpaired) electrons. The first-order chi connectivity index (χ1) is 12.7. The highest BCUT2D eigenvalue weighted by Crippen LogP contribution is 2.35. The highest BCUT2D eigenvalue weighted by atomic mass is 19.1. The van der Waals surface area contributed by atoms with E-state index < -0.39 is 11.9 Å². The molecule has 0 bridgehead atoms. The Bertz CT molecular complexity index is 1100. The number of hydrogen-bond donors (Lipinski definition) is 1. The van der Waals surface area contributed by atoms with Gasteiger partial charge in [-0.2, -0.15) is 0 Å². The predicted molar refractivity (Wildman–Crippen MR) is 85.6 cm³/mol. The average Bonchev–Trinajstić information content (AvgIpc) is 3.39. The van der Waals surface area contributed by atoms with Crippen LogP contribution in [0.4, 0.5) is 4.39 Å². The van der Waals surface area contributed by atoms with E-state index in [2.05, 4.69) is 19.9 Å². The lowest BCUT2D eigenvalue weighted by Crippen LogP contribution is -2.40. The molecule has 1 N–H and O–H groups in total. The Labute approximate surface area is 145 Å². The van der Waals surface area contributed by atoms with E-state index in [0.29, 0.717) is 24.2 Å². The van der Waals surface area contributed by atoms with Crippen LogP contribution in [0, 0.1) is 5.82 Å². The molecule has 1 aliphatic heterocycles. The van der Waals surface area contributed by atoms with Crippen molar-refractivity contribution in [1.82, 2.24) is 24.8 Å². The summed E-state index contributed by atoms with van der Waals surface area (Å²) in [4.78, 5) is 30.0. The van der Waals surface area contributed by atoms with E-state index in [4.69, 9.17) is 8.83 Å². The number of amides is 1.